The third-order valence-corrected chi connectivity index (χ3v) is 8.46. The maximum absolute atomic E-state index is 13.6. The number of carboxylic acid groups (broad SMARTS) is 1. The maximum atomic E-state index is 13.6. The van der Waals surface area contributed by atoms with Gasteiger partial charge in [-0.1, -0.05) is 30.3 Å². The minimum absolute atomic E-state index is 0.133. The number of carboxylic acids is 1. The number of aliphatic carboxylic acids is 1. The van der Waals surface area contributed by atoms with E-state index in [1.54, 1.807) is 29.4 Å². The Hall–Kier alpha value is -4.16. The second-order valence-electron chi connectivity index (χ2n) is 10.1. The van der Waals surface area contributed by atoms with Crippen LogP contribution in [0.3, 0.4) is 0 Å². The van der Waals surface area contributed by atoms with Crippen molar-refractivity contribution < 1.29 is 36.4 Å². The lowest BCUT2D eigenvalue weighted by molar-refractivity contribution is -0.138. The van der Waals surface area contributed by atoms with Crippen molar-refractivity contribution in [2.24, 2.45) is 0 Å². The maximum Gasteiger partial charge on any atom is 0.416 e. The van der Waals surface area contributed by atoms with Crippen molar-refractivity contribution in [1.82, 2.24) is 9.29 Å². The van der Waals surface area contributed by atoms with Crippen molar-refractivity contribution in [2.45, 2.75) is 38.9 Å². The van der Waals surface area contributed by atoms with Crippen LogP contribution in [-0.4, -0.2) is 44.3 Å². The molecule has 0 saturated carbocycles. The van der Waals surface area contributed by atoms with Crippen molar-refractivity contribution in [3.05, 3.63) is 101 Å². The molecule has 1 aliphatic rings. The number of halogens is 3. The molecule has 0 saturated heterocycles. The second kappa shape index (κ2) is 13.0. The van der Waals surface area contributed by atoms with Crippen LogP contribution in [0.25, 0.3) is 11.5 Å². The van der Waals surface area contributed by atoms with Crippen molar-refractivity contribution in [2.75, 3.05) is 24.0 Å². The fraction of sp³-hybridized carbons (Fsp3) is 0.290. The van der Waals surface area contributed by atoms with Gasteiger partial charge in [0, 0.05) is 25.1 Å². The summed E-state index contributed by atoms with van der Waals surface area (Å²) in [5.74, 6) is 0.236. The van der Waals surface area contributed by atoms with Crippen molar-refractivity contribution in [3.63, 3.8) is 0 Å². The van der Waals surface area contributed by atoms with Crippen LogP contribution in [0.15, 0.2) is 77.2 Å². The van der Waals surface area contributed by atoms with Crippen LogP contribution in [0.2, 0.25) is 0 Å². The topological polar surface area (TPSA) is 96.1 Å². The summed E-state index contributed by atoms with van der Waals surface area (Å²) in [6.07, 6.45) is -2.32. The van der Waals surface area contributed by atoms with Crippen LogP contribution in [0.5, 0.6) is 5.75 Å². The molecule has 226 valence electrons. The second-order valence-corrected chi connectivity index (χ2v) is 11.5. The van der Waals surface area contributed by atoms with Gasteiger partial charge in [0.15, 0.2) is 11.2 Å². The van der Waals surface area contributed by atoms with Gasteiger partial charge in [-0.2, -0.15) is 17.5 Å². The van der Waals surface area contributed by atoms with Gasteiger partial charge in [0.25, 0.3) is 0 Å². The molecule has 0 bridgehead atoms. The lowest BCUT2D eigenvalue weighted by atomic mass is 10.0. The summed E-state index contributed by atoms with van der Waals surface area (Å²) in [5, 5.41) is 9.55. The molecule has 1 N–H and O–H groups in total. The first-order chi connectivity index (χ1) is 20.6. The van der Waals surface area contributed by atoms with Crippen LogP contribution in [0, 0.1) is 6.92 Å². The molecule has 5 rings (SSSR count). The smallest absolute Gasteiger partial charge is 0.416 e. The summed E-state index contributed by atoms with van der Waals surface area (Å²) in [6.45, 7) is 2.27. The molecule has 4 aromatic rings. The Morgan fingerprint density at radius 1 is 1.12 bits per heavy atom. The number of aromatic nitrogens is 1. The van der Waals surface area contributed by atoms with Gasteiger partial charge in [0.05, 0.1) is 23.6 Å². The van der Waals surface area contributed by atoms with Gasteiger partial charge in [-0.3, -0.25) is 9.10 Å². The normalized spacial score (nSPS) is 14.0. The number of para-hydroxylation sites is 1. The number of alkyl halides is 3. The van der Waals surface area contributed by atoms with E-state index in [9.17, 15) is 27.3 Å². The number of benzene rings is 3. The average Bonchev–Trinajstić information content (AvgIpc) is 3.36. The zero-order valence-corrected chi connectivity index (χ0v) is 24.2. The zero-order chi connectivity index (χ0) is 30.6. The largest absolute Gasteiger partial charge is 0.493 e. The van der Waals surface area contributed by atoms with Crippen LogP contribution in [0.1, 0.15) is 34.6 Å². The van der Waals surface area contributed by atoms with E-state index in [0.29, 0.717) is 35.7 Å². The third kappa shape index (κ3) is 7.44. The molecule has 0 aliphatic carbocycles. The molecule has 0 amide bonds. The minimum Gasteiger partial charge on any atom is -0.493 e. The first-order valence-electron chi connectivity index (χ1n) is 13.7. The summed E-state index contributed by atoms with van der Waals surface area (Å²) in [5.41, 5.74) is 2.98. The van der Waals surface area contributed by atoms with Gasteiger partial charge in [-0.15, -0.1) is 0 Å². The molecule has 1 atom stereocenters. The van der Waals surface area contributed by atoms with Crippen LogP contribution < -0.4 is 9.04 Å². The number of anilines is 1. The fourth-order valence-electron chi connectivity index (χ4n) is 4.91. The molecule has 0 radical (unpaired) electrons. The summed E-state index contributed by atoms with van der Waals surface area (Å²) in [4.78, 5) is 16.1. The Balaban J connectivity index is 1.22. The lowest BCUT2D eigenvalue weighted by Gasteiger charge is -2.33. The van der Waals surface area contributed by atoms with E-state index in [1.807, 2.05) is 30.3 Å². The molecular formula is C31H30F3N3O5S. The molecule has 0 fully saturated rings. The molecule has 12 heteroatoms. The SMILES string of the molecule is Cc1oc(-c2ccc(C(F)(F)F)cc2)nc1CCOc1cccc(CN(CC(=O)O)S(=O)N2CCCc3ccccc32)c1. The molecule has 1 unspecified atom stereocenters. The van der Waals surface area contributed by atoms with Crippen molar-refractivity contribution >= 4 is 22.8 Å². The number of carbonyl (C=O) groups is 1. The average molecular weight is 614 g/mol. The number of aryl methyl sites for hydroxylation is 2. The number of oxazole rings is 1. The van der Waals surface area contributed by atoms with Crippen LogP contribution >= 0.6 is 0 Å². The first kappa shape index (κ1) is 30.3. The number of ether oxygens (including phenoxy) is 1. The molecule has 3 aromatic carbocycles. The molecular weight excluding hydrogens is 583 g/mol. The number of hydrogen-bond donors (Lipinski definition) is 1. The highest BCUT2D eigenvalue weighted by Crippen LogP contribution is 2.32. The van der Waals surface area contributed by atoms with E-state index in [-0.39, 0.29) is 19.0 Å². The van der Waals surface area contributed by atoms with Gasteiger partial charge in [-0.25, -0.2) is 9.19 Å². The highest BCUT2D eigenvalue weighted by Gasteiger charge is 2.30. The van der Waals surface area contributed by atoms with Crippen LogP contribution in [0.4, 0.5) is 18.9 Å². The van der Waals surface area contributed by atoms with E-state index in [2.05, 4.69) is 4.98 Å². The Labute approximate surface area is 249 Å². The van der Waals surface area contributed by atoms with E-state index in [4.69, 9.17) is 9.15 Å². The molecule has 1 aromatic heterocycles. The van der Waals surface area contributed by atoms with E-state index in [0.717, 1.165) is 41.8 Å². The number of hydrogen-bond acceptors (Lipinski definition) is 5. The Kier molecular flexibility index (Phi) is 9.16. The monoisotopic (exact) mass is 613 g/mol. The predicted octanol–water partition coefficient (Wildman–Crippen LogP) is 6.21. The Morgan fingerprint density at radius 3 is 2.63 bits per heavy atom. The first-order valence-corrected chi connectivity index (χ1v) is 14.7. The summed E-state index contributed by atoms with van der Waals surface area (Å²) in [6, 6.07) is 19.5. The summed E-state index contributed by atoms with van der Waals surface area (Å²) in [7, 11) is 0. The lowest BCUT2D eigenvalue weighted by Crippen LogP contribution is -2.43. The number of rotatable bonds is 11. The van der Waals surface area contributed by atoms with Gasteiger partial charge >= 0.3 is 12.1 Å². The van der Waals surface area contributed by atoms with E-state index >= 15 is 0 Å². The molecule has 1 aliphatic heterocycles. The van der Waals surface area contributed by atoms with Gasteiger partial charge in [0.1, 0.15) is 18.1 Å². The van der Waals surface area contributed by atoms with Crippen molar-refractivity contribution in [3.8, 4) is 17.2 Å². The molecule has 43 heavy (non-hydrogen) atoms. The third-order valence-electron chi connectivity index (χ3n) is 7.01. The van der Waals surface area contributed by atoms with Crippen LogP contribution in [-0.2, 0) is 41.5 Å². The Bertz CT molecular complexity index is 1610. The summed E-state index contributed by atoms with van der Waals surface area (Å²) < 4.78 is 67.0. The minimum atomic E-state index is -4.42. The van der Waals surface area contributed by atoms with Gasteiger partial charge in [-0.05, 0) is 73.4 Å². The molecule has 0 spiro atoms. The van der Waals surface area contributed by atoms with E-state index < -0.39 is 35.4 Å². The zero-order valence-electron chi connectivity index (χ0n) is 23.3. The highest BCUT2D eigenvalue weighted by atomic mass is 32.2. The quantitative estimate of drug-likeness (QED) is 0.216. The van der Waals surface area contributed by atoms with Gasteiger partial charge < -0.3 is 14.3 Å². The van der Waals surface area contributed by atoms with E-state index in [1.165, 1.54) is 16.4 Å². The molecule has 2 heterocycles. The highest BCUT2D eigenvalue weighted by molar-refractivity contribution is 7.84. The fourth-order valence-corrected chi connectivity index (χ4v) is 6.30. The standard InChI is InChI=1S/C31H30F3N3O5S/c1-21-27(35-30(42-21)24-11-13-25(14-12-24)31(32,33)34)15-17-41-26-9-4-6-22(18-26)19-36(20-29(38)39)43(40)37-16-5-8-23-7-2-3-10-28(23)37/h2-4,6-7,9-14,18H,5,8,15-17,19-20H2,1H3,(H,38,39). The number of fused-ring (bicyclic) bond motifs is 1. The predicted molar refractivity (Wildman–Crippen MR) is 156 cm³/mol. The Morgan fingerprint density at radius 2 is 1.88 bits per heavy atom. The van der Waals surface area contributed by atoms with Crippen molar-refractivity contribution in [1.29, 1.82) is 0 Å². The number of nitrogens with zero attached hydrogens (tertiary/aromatic N) is 3. The summed E-state index contributed by atoms with van der Waals surface area (Å²) >= 11 is -1.72. The van der Waals surface area contributed by atoms with Gasteiger partial charge in [0.2, 0.25) is 5.89 Å². The molecule has 8 nitrogen and oxygen atoms in total.